The summed E-state index contributed by atoms with van der Waals surface area (Å²) in [5.41, 5.74) is 1.77. The van der Waals surface area contributed by atoms with E-state index in [0.29, 0.717) is 24.4 Å². The van der Waals surface area contributed by atoms with E-state index in [-0.39, 0.29) is 5.91 Å². The highest BCUT2D eigenvalue weighted by Gasteiger charge is 2.30. The number of allylic oxidation sites excluding steroid dienone is 1. The number of carbonyl (C=O) groups is 1. The van der Waals surface area contributed by atoms with E-state index in [1.54, 1.807) is 12.2 Å². The van der Waals surface area contributed by atoms with Crippen LogP contribution in [0.1, 0.15) is 6.42 Å². The Morgan fingerprint density at radius 3 is 2.58 bits per heavy atom. The Kier molecular flexibility index (Phi) is 4.03. The van der Waals surface area contributed by atoms with Crippen LogP contribution in [-0.2, 0) is 4.79 Å². The lowest BCUT2D eigenvalue weighted by Gasteiger charge is -2.06. The fourth-order valence-electron chi connectivity index (χ4n) is 1.75. The van der Waals surface area contributed by atoms with Crippen molar-refractivity contribution in [2.45, 2.75) is 6.42 Å². The molecule has 0 saturated heterocycles. The summed E-state index contributed by atoms with van der Waals surface area (Å²) >= 11 is 0. The van der Waals surface area contributed by atoms with Crippen LogP contribution in [0.3, 0.4) is 0 Å². The molecular formula is C15H15N3O. The maximum absolute atomic E-state index is 12.2. The van der Waals surface area contributed by atoms with Crippen LogP contribution in [0.25, 0.3) is 0 Å². The van der Waals surface area contributed by atoms with E-state index in [2.05, 4.69) is 23.3 Å². The molecule has 19 heavy (non-hydrogen) atoms. The lowest BCUT2D eigenvalue weighted by atomic mass is 10.1. The molecule has 2 rings (SSSR count). The molecule has 0 fully saturated rings. The second-order valence-electron chi connectivity index (χ2n) is 4.01. The number of hydrazone groups is 1. The van der Waals surface area contributed by atoms with Gasteiger partial charge < -0.3 is 0 Å². The fraction of sp³-hybridized carbons (Fsp3) is 0.133. The van der Waals surface area contributed by atoms with Crippen LogP contribution in [-0.4, -0.2) is 28.9 Å². The van der Waals surface area contributed by atoms with Crippen LogP contribution in [0.15, 0.2) is 65.7 Å². The van der Waals surface area contributed by atoms with E-state index >= 15 is 0 Å². The number of aliphatic imine (C=N–C) groups is 1. The lowest BCUT2D eigenvalue weighted by molar-refractivity contribution is -0.122. The van der Waals surface area contributed by atoms with Crippen molar-refractivity contribution in [3.05, 3.63) is 55.6 Å². The summed E-state index contributed by atoms with van der Waals surface area (Å²) < 4.78 is 0. The summed E-state index contributed by atoms with van der Waals surface area (Å²) in [6.07, 6.45) is 3.87. The standard InChI is InChI=1S/C15H15N3O/c1-3-8-13-14(15(19)18(17-13)11-4-2)16-12-9-6-5-7-10-12/h3-7,9-10H,1-2,8,11H2. The average molecular weight is 253 g/mol. The summed E-state index contributed by atoms with van der Waals surface area (Å²) in [4.78, 5) is 16.6. The van der Waals surface area contributed by atoms with Crippen molar-refractivity contribution in [2.75, 3.05) is 6.54 Å². The first kappa shape index (κ1) is 13.0. The van der Waals surface area contributed by atoms with Gasteiger partial charge in [0.15, 0.2) is 5.71 Å². The Morgan fingerprint density at radius 2 is 1.95 bits per heavy atom. The minimum atomic E-state index is -0.194. The molecule has 0 spiro atoms. The highest BCUT2D eigenvalue weighted by molar-refractivity contribution is 6.69. The Balaban J connectivity index is 2.35. The van der Waals surface area contributed by atoms with Gasteiger partial charge in [0.1, 0.15) is 0 Å². The Morgan fingerprint density at radius 1 is 1.21 bits per heavy atom. The molecule has 1 aromatic carbocycles. The van der Waals surface area contributed by atoms with Gasteiger partial charge in [0.2, 0.25) is 0 Å². The Labute approximate surface area is 112 Å². The van der Waals surface area contributed by atoms with Crippen LogP contribution >= 0.6 is 0 Å². The van der Waals surface area contributed by atoms with E-state index < -0.39 is 0 Å². The normalized spacial score (nSPS) is 16.6. The molecule has 1 heterocycles. The minimum Gasteiger partial charge on any atom is -0.265 e. The van der Waals surface area contributed by atoms with Crippen LogP contribution in [0.5, 0.6) is 0 Å². The molecule has 4 heteroatoms. The highest BCUT2D eigenvalue weighted by atomic mass is 16.2. The molecule has 0 radical (unpaired) electrons. The number of hydrogen-bond acceptors (Lipinski definition) is 3. The molecule has 1 aliphatic rings. The van der Waals surface area contributed by atoms with Crippen molar-refractivity contribution in [1.29, 1.82) is 0 Å². The molecule has 1 aliphatic heterocycles. The predicted octanol–water partition coefficient (Wildman–Crippen LogP) is 2.72. The molecule has 1 amide bonds. The van der Waals surface area contributed by atoms with Crippen molar-refractivity contribution in [1.82, 2.24) is 5.01 Å². The zero-order valence-electron chi connectivity index (χ0n) is 10.6. The number of para-hydroxylation sites is 1. The van der Waals surface area contributed by atoms with Gasteiger partial charge in [-0.05, 0) is 12.1 Å². The van der Waals surface area contributed by atoms with Crippen molar-refractivity contribution < 1.29 is 4.79 Å². The van der Waals surface area contributed by atoms with Crippen molar-refractivity contribution in [3.63, 3.8) is 0 Å². The van der Waals surface area contributed by atoms with E-state index in [0.717, 1.165) is 5.69 Å². The molecular weight excluding hydrogens is 238 g/mol. The van der Waals surface area contributed by atoms with Gasteiger partial charge in [-0.1, -0.05) is 30.4 Å². The lowest BCUT2D eigenvalue weighted by Crippen LogP contribution is -2.27. The largest absolute Gasteiger partial charge is 0.294 e. The van der Waals surface area contributed by atoms with Gasteiger partial charge in [-0.3, -0.25) is 4.79 Å². The van der Waals surface area contributed by atoms with Crippen LogP contribution in [0.4, 0.5) is 5.69 Å². The summed E-state index contributed by atoms with van der Waals surface area (Å²) in [6.45, 7) is 7.67. The molecule has 0 aliphatic carbocycles. The fourth-order valence-corrected chi connectivity index (χ4v) is 1.75. The highest BCUT2D eigenvalue weighted by Crippen LogP contribution is 2.16. The third-order valence-corrected chi connectivity index (χ3v) is 2.59. The molecule has 4 nitrogen and oxygen atoms in total. The predicted molar refractivity (Wildman–Crippen MR) is 77.7 cm³/mol. The van der Waals surface area contributed by atoms with E-state index in [9.17, 15) is 4.79 Å². The van der Waals surface area contributed by atoms with Crippen molar-refractivity contribution >= 4 is 23.0 Å². The quantitative estimate of drug-likeness (QED) is 0.744. The topological polar surface area (TPSA) is 45.0 Å². The SMILES string of the molecule is C=CCC1=NN(CC=C)C(=O)C1=Nc1ccccc1. The van der Waals surface area contributed by atoms with Gasteiger partial charge in [-0.2, -0.15) is 5.10 Å². The molecule has 0 saturated carbocycles. The van der Waals surface area contributed by atoms with Crippen molar-refractivity contribution in [3.8, 4) is 0 Å². The van der Waals surface area contributed by atoms with Gasteiger partial charge in [-0.25, -0.2) is 10.0 Å². The van der Waals surface area contributed by atoms with Gasteiger partial charge in [0, 0.05) is 6.42 Å². The number of benzene rings is 1. The monoisotopic (exact) mass is 253 g/mol. The smallest absolute Gasteiger partial charge is 0.265 e. The Bertz CT molecular complexity index is 558. The maximum Gasteiger partial charge on any atom is 0.294 e. The summed E-state index contributed by atoms with van der Waals surface area (Å²) in [6, 6.07) is 9.36. The van der Waals surface area contributed by atoms with E-state index in [1.807, 2.05) is 30.3 Å². The molecule has 0 aromatic heterocycles. The molecule has 0 atom stereocenters. The van der Waals surface area contributed by atoms with Gasteiger partial charge >= 0.3 is 0 Å². The van der Waals surface area contributed by atoms with E-state index in [1.165, 1.54) is 5.01 Å². The zero-order valence-corrected chi connectivity index (χ0v) is 10.6. The van der Waals surface area contributed by atoms with Gasteiger partial charge in [-0.15, -0.1) is 13.2 Å². The van der Waals surface area contributed by atoms with Crippen molar-refractivity contribution in [2.24, 2.45) is 10.1 Å². The van der Waals surface area contributed by atoms with Crippen LogP contribution in [0.2, 0.25) is 0 Å². The number of hydrogen-bond donors (Lipinski definition) is 0. The Hall–Kier alpha value is -2.49. The molecule has 0 bridgehead atoms. The molecule has 0 N–H and O–H groups in total. The first-order valence-electron chi connectivity index (χ1n) is 6.01. The number of carbonyl (C=O) groups excluding carboxylic acids is 1. The minimum absolute atomic E-state index is 0.194. The summed E-state index contributed by atoms with van der Waals surface area (Å²) in [7, 11) is 0. The van der Waals surface area contributed by atoms with Crippen LogP contribution in [0, 0.1) is 0 Å². The van der Waals surface area contributed by atoms with Crippen LogP contribution < -0.4 is 0 Å². The molecule has 0 unspecified atom stereocenters. The first-order valence-corrected chi connectivity index (χ1v) is 6.01. The average Bonchev–Trinajstić information content (AvgIpc) is 2.70. The molecule has 96 valence electrons. The maximum atomic E-state index is 12.2. The zero-order chi connectivity index (χ0) is 13.7. The van der Waals surface area contributed by atoms with Gasteiger partial charge in [0.05, 0.1) is 17.9 Å². The third-order valence-electron chi connectivity index (χ3n) is 2.59. The molecule has 1 aromatic rings. The second-order valence-corrected chi connectivity index (χ2v) is 4.01. The number of nitrogens with zero attached hydrogens (tertiary/aromatic N) is 3. The summed E-state index contributed by atoms with van der Waals surface area (Å²) in [5.74, 6) is -0.194. The number of amides is 1. The third kappa shape index (κ3) is 2.85. The summed E-state index contributed by atoms with van der Waals surface area (Å²) in [5, 5.41) is 5.62. The second kappa shape index (κ2) is 5.91. The van der Waals surface area contributed by atoms with Gasteiger partial charge in [0.25, 0.3) is 5.91 Å². The first-order chi connectivity index (χ1) is 9.26. The number of rotatable bonds is 5. The van der Waals surface area contributed by atoms with E-state index in [4.69, 9.17) is 0 Å².